The highest BCUT2D eigenvalue weighted by atomic mass is 19.1. The zero-order valence-electron chi connectivity index (χ0n) is 13.6. The van der Waals surface area contributed by atoms with E-state index in [-0.39, 0.29) is 24.3 Å². The Morgan fingerprint density at radius 2 is 2.16 bits per heavy atom. The first-order valence-electron chi connectivity index (χ1n) is 7.79. The van der Waals surface area contributed by atoms with Gasteiger partial charge < -0.3 is 15.8 Å². The maximum atomic E-state index is 12.0. The molecule has 0 saturated heterocycles. The van der Waals surface area contributed by atoms with E-state index in [0.29, 0.717) is 11.4 Å². The van der Waals surface area contributed by atoms with Crippen molar-refractivity contribution < 1.29 is 13.9 Å². The highest BCUT2D eigenvalue weighted by molar-refractivity contribution is 6.10. The molecule has 1 atom stereocenters. The van der Waals surface area contributed by atoms with Crippen LogP contribution in [0, 0.1) is 0 Å². The number of benzene rings is 1. The number of amides is 1. The van der Waals surface area contributed by atoms with Crippen LogP contribution in [0.25, 0.3) is 0 Å². The second kappa shape index (κ2) is 7.16. The summed E-state index contributed by atoms with van der Waals surface area (Å²) in [5.74, 6) is 0.379. The van der Waals surface area contributed by atoms with Crippen molar-refractivity contribution in [2.24, 2.45) is 4.99 Å². The minimum atomic E-state index is -0.790. The molecule has 2 heterocycles. The van der Waals surface area contributed by atoms with Gasteiger partial charge in [0.25, 0.3) is 0 Å². The van der Waals surface area contributed by atoms with E-state index in [2.05, 4.69) is 25.3 Å². The normalized spacial score (nSPS) is 15.6. The maximum Gasteiger partial charge on any atom is 0.412 e. The van der Waals surface area contributed by atoms with E-state index in [0.717, 1.165) is 11.3 Å². The average molecular weight is 343 g/mol. The van der Waals surface area contributed by atoms with Gasteiger partial charge >= 0.3 is 6.09 Å². The van der Waals surface area contributed by atoms with Crippen LogP contribution in [0.15, 0.2) is 41.4 Å². The van der Waals surface area contributed by atoms with E-state index in [4.69, 9.17) is 5.73 Å². The lowest BCUT2D eigenvalue weighted by atomic mass is 10.0. The number of fused-ring (bicyclic) bond motifs is 1. The van der Waals surface area contributed by atoms with Crippen molar-refractivity contribution in [1.29, 1.82) is 0 Å². The van der Waals surface area contributed by atoms with Gasteiger partial charge in [-0.2, -0.15) is 0 Å². The average Bonchev–Trinajstić information content (AvgIpc) is 2.60. The van der Waals surface area contributed by atoms with Crippen LogP contribution in [0.5, 0.6) is 0 Å². The maximum absolute atomic E-state index is 12.0. The van der Waals surface area contributed by atoms with Gasteiger partial charge in [-0.15, -0.1) is 0 Å². The second-order valence-electron chi connectivity index (χ2n) is 5.47. The van der Waals surface area contributed by atoms with E-state index in [9.17, 15) is 9.18 Å². The van der Waals surface area contributed by atoms with Crippen LogP contribution in [0.3, 0.4) is 0 Å². The van der Waals surface area contributed by atoms with Crippen molar-refractivity contribution in [3.05, 3.63) is 42.0 Å². The highest BCUT2D eigenvalue weighted by Gasteiger charge is 2.23. The van der Waals surface area contributed by atoms with Gasteiger partial charge in [0.15, 0.2) is 5.82 Å². The Hall–Kier alpha value is -3.16. The summed E-state index contributed by atoms with van der Waals surface area (Å²) in [6.45, 7) is 0.920. The van der Waals surface area contributed by atoms with Crippen LogP contribution < -0.4 is 16.4 Å². The van der Waals surface area contributed by atoms with Crippen molar-refractivity contribution >= 4 is 34.8 Å². The Kier molecular flexibility index (Phi) is 4.78. The molecule has 1 aliphatic rings. The molecule has 25 heavy (non-hydrogen) atoms. The number of hydrogen-bond donors (Lipinski definition) is 3. The van der Waals surface area contributed by atoms with Crippen molar-refractivity contribution in [3.63, 3.8) is 0 Å². The Labute approximate surface area is 144 Å². The van der Waals surface area contributed by atoms with Crippen molar-refractivity contribution in [2.75, 3.05) is 29.6 Å². The third kappa shape index (κ3) is 3.68. The molecule has 0 aliphatic carbocycles. The lowest BCUT2D eigenvalue weighted by molar-refractivity contribution is 0.152. The first-order chi connectivity index (χ1) is 12.1. The molecule has 2 aromatic rings. The van der Waals surface area contributed by atoms with Gasteiger partial charge in [-0.05, 0) is 12.5 Å². The van der Waals surface area contributed by atoms with Gasteiger partial charge in [0.2, 0.25) is 0 Å². The lowest BCUT2D eigenvalue weighted by Gasteiger charge is -2.25. The van der Waals surface area contributed by atoms with E-state index in [1.807, 2.05) is 37.3 Å². The fourth-order valence-corrected chi connectivity index (χ4v) is 2.56. The summed E-state index contributed by atoms with van der Waals surface area (Å²) in [5, 5.41) is 5.72. The van der Waals surface area contributed by atoms with Gasteiger partial charge in [0, 0.05) is 6.07 Å². The molecular weight excluding hydrogens is 325 g/mol. The van der Waals surface area contributed by atoms with Crippen molar-refractivity contribution in [1.82, 2.24) is 4.98 Å². The molecule has 130 valence electrons. The number of aromatic nitrogens is 1. The number of nitrogen functional groups attached to an aromatic ring is 1. The minimum Gasteiger partial charge on any atom is -0.446 e. The molecule has 7 nitrogen and oxygen atoms in total. The SMILES string of the molecule is C[C@@H]1Nc2cc(NC(=O)OCCF)nc(N)c2N=C1c1ccccc1. The molecule has 0 unspecified atom stereocenters. The van der Waals surface area contributed by atoms with Gasteiger partial charge in [-0.25, -0.2) is 19.2 Å². The Morgan fingerprint density at radius 1 is 1.40 bits per heavy atom. The number of ether oxygens (including phenoxy) is 1. The summed E-state index contributed by atoms with van der Waals surface area (Å²) >= 11 is 0. The molecule has 1 aromatic heterocycles. The molecule has 0 fully saturated rings. The topological polar surface area (TPSA) is 102 Å². The molecule has 3 rings (SSSR count). The minimum absolute atomic E-state index is 0.0527. The van der Waals surface area contributed by atoms with E-state index in [1.165, 1.54) is 0 Å². The van der Waals surface area contributed by atoms with Crippen LogP contribution in [0.2, 0.25) is 0 Å². The Bertz CT molecular complexity index is 810. The number of nitrogens with zero attached hydrogens (tertiary/aromatic N) is 2. The zero-order chi connectivity index (χ0) is 17.8. The van der Waals surface area contributed by atoms with Crippen LogP contribution >= 0.6 is 0 Å². The number of pyridine rings is 1. The molecule has 0 saturated carbocycles. The smallest absolute Gasteiger partial charge is 0.412 e. The number of hydrogen-bond acceptors (Lipinski definition) is 6. The summed E-state index contributed by atoms with van der Waals surface area (Å²) in [5.41, 5.74) is 9.00. The number of halogens is 1. The molecule has 1 aromatic carbocycles. The Balaban J connectivity index is 1.89. The molecule has 0 spiro atoms. The fraction of sp³-hybridized carbons (Fsp3) is 0.235. The largest absolute Gasteiger partial charge is 0.446 e. The molecule has 0 radical (unpaired) electrons. The molecule has 8 heteroatoms. The van der Waals surface area contributed by atoms with Crippen LogP contribution in [-0.2, 0) is 4.74 Å². The quantitative estimate of drug-likeness (QED) is 0.792. The monoisotopic (exact) mass is 343 g/mol. The molecule has 1 aliphatic heterocycles. The van der Waals surface area contributed by atoms with Gasteiger partial charge in [-0.1, -0.05) is 30.3 Å². The molecule has 4 N–H and O–H groups in total. The number of rotatable bonds is 4. The third-order valence-electron chi connectivity index (χ3n) is 3.64. The number of carbonyl (C=O) groups is 1. The molecule has 0 bridgehead atoms. The number of anilines is 3. The van der Waals surface area contributed by atoms with Gasteiger partial charge in [-0.3, -0.25) is 5.32 Å². The summed E-state index contributed by atoms with van der Waals surface area (Å²) in [4.78, 5) is 20.3. The van der Waals surface area contributed by atoms with Crippen molar-refractivity contribution in [3.8, 4) is 0 Å². The number of alkyl halides is 1. The van der Waals surface area contributed by atoms with Gasteiger partial charge in [0.05, 0.1) is 17.4 Å². The first-order valence-corrected chi connectivity index (χ1v) is 7.79. The van der Waals surface area contributed by atoms with E-state index >= 15 is 0 Å². The number of carbonyl (C=O) groups excluding carboxylic acids is 1. The summed E-state index contributed by atoms with van der Waals surface area (Å²) in [7, 11) is 0. The standard InChI is InChI=1S/C17H18FN5O2/c1-10-14(11-5-3-2-4-6-11)23-15-12(20-10)9-13(21-16(15)19)22-17(24)25-8-7-18/h2-6,9-10,20H,7-8H2,1H3,(H3,19,21,22,24)/t10-/m0/s1. The number of nitrogens with one attached hydrogen (secondary N) is 2. The van der Waals surface area contributed by atoms with Crippen LogP contribution in [-0.4, -0.2) is 36.1 Å². The van der Waals surface area contributed by atoms with Crippen LogP contribution in [0.4, 0.5) is 32.2 Å². The first kappa shape index (κ1) is 16.7. The summed E-state index contributed by atoms with van der Waals surface area (Å²) in [6.07, 6.45) is -0.790. The van der Waals surface area contributed by atoms with E-state index < -0.39 is 12.8 Å². The highest BCUT2D eigenvalue weighted by Crippen LogP contribution is 2.37. The fourth-order valence-electron chi connectivity index (χ4n) is 2.56. The zero-order valence-corrected chi connectivity index (χ0v) is 13.6. The second-order valence-corrected chi connectivity index (χ2v) is 5.47. The predicted octanol–water partition coefficient (Wildman–Crippen LogP) is 3.12. The number of aliphatic imine (C=N–C) groups is 1. The predicted molar refractivity (Wildman–Crippen MR) is 95.3 cm³/mol. The van der Waals surface area contributed by atoms with Crippen molar-refractivity contribution in [2.45, 2.75) is 13.0 Å². The van der Waals surface area contributed by atoms with E-state index in [1.54, 1.807) is 6.07 Å². The third-order valence-corrected chi connectivity index (χ3v) is 3.64. The number of nitrogens with two attached hydrogens (primary N) is 1. The molecule has 1 amide bonds. The Morgan fingerprint density at radius 3 is 2.88 bits per heavy atom. The van der Waals surface area contributed by atoms with Gasteiger partial charge in [0.1, 0.15) is 24.8 Å². The lowest BCUT2D eigenvalue weighted by Crippen LogP contribution is -2.30. The summed E-state index contributed by atoms with van der Waals surface area (Å²) < 4.78 is 16.7. The summed E-state index contributed by atoms with van der Waals surface area (Å²) in [6, 6.07) is 11.3. The van der Waals surface area contributed by atoms with Crippen LogP contribution in [0.1, 0.15) is 12.5 Å². The molecular formula is C17H18FN5O2.